The average Bonchev–Trinajstić information content (AvgIpc) is 2.68. The van der Waals surface area contributed by atoms with Crippen molar-refractivity contribution in [3.05, 3.63) is 52.0 Å². The number of carbonyl (C=O) groups excluding carboxylic acids is 3. The molecule has 0 radical (unpaired) electrons. The summed E-state index contributed by atoms with van der Waals surface area (Å²) < 4.78 is 14.6. The van der Waals surface area contributed by atoms with Gasteiger partial charge in [0.05, 0.1) is 17.2 Å². The second-order valence-corrected chi connectivity index (χ2v) is 8.92. The van der Waals surface area contributed by atoms with Crippen LogP contribution in [0, 0.1) is 17.7 Å². The van der Waals surface area contributed by atoms with Gasteiger partial charge in [-0.05, 0) is 39.1 Å². The molecule has 1 fully saturated rings. The number of amides is 1. The van der Waals surface area contributed by atoms with Crippen LogP contribution in [0.25, 0.3) is 5.76 Å². The highest BCUT2D eigenvalue weighted by Gasteiger charge is 2.66. The fourth-order valence-electron chi connectivity index (χ4n) is 5.48. The highest BCUT2D eigenvalue weighted by molar-refractivity contribution is 6.24. The summed E-state index contributed by atoms with van der Waals surface area (Å²) in [6, 6.07) is 2.56. The molecule has 1 saturated carbocycles. The molecule has 4 rings (SSSR count). The number of rotatable bonds is 2. The molecule has 0 saturated heterocycles. The molecule has 9 nitrogen and oxygen atoms in total. The van der Waals surface area contributed by atoms with E-state index < -0.39 is 80.6 Å². The maximum Gasteiger partial charge on any atom is 0.255 e. The minimum Gasteiger partial charge on any atom is -0.508 e. The Morgan fingerprint density at radius 3 is 2.41 bits per heavy atom. The van der Waals surface area contributed by atoms with E-state index in [0.29, 0.717) is 0 Å². The van der Waals surface area contributed by atoms with Gasteiger partial charge in [-0.25, -0.2) is 4.39 Å². The van der Waals surface area contributed by atoms with Crippen LogP contribution in [-0.4, -0.2) is 68.5 Å². The number of nitrogens with two attached hydrogens (primary N) is 1. The molecule has 1 amide bonds. The Balaban J connectivity index is 2.05. The number of hydrogen-bond donors (Lipinski definition) is 5. The van der Waals surface area contributed by atoms with E-state index in [-0.39, 0.29) is 12.0 Å². The van der Waals surface area contributed by atoms with E-state index in [1.807, 2.05) is 0 Å². The zero-order valence-corrected chi connectivity index (χ0v) is 17.6. The number of benzene rings is 1. The minimum atomic E-state index is -2.79. The molecule has 0 heterocycles. The van der Waals surface area contributed by atoms with Gasteiger partial charge in [0.25, 0.3) is 5.91 Å². The Morgan fingerprint density at radius 2 is 1.84 bits per heavy atom. The van der Waals surface area contributed by atoms with Crippen LogP contribution in [0.3, 0.4) is 0 Å². The summed E-state index contributed by atoms with van der Waals surface area (Å²) in [5.41, 5.74) is -1.14. The summed E-state index contributed by atoms with van der Waals surface area (Å²) in [6.45, 7) is 1.35. The molecule has 5 atom stereocenters. The van der Waals surface area contributed by atoms with Gasteiger partial charge in [-0.2, -0.15) is 0 Å². The molecule has 3 aliphatic carbocycles. The second kappa shape index (κ2) is 6.71. The monoisotopic (exact) mass is 446 g/mol. The van der Waals surface area contributed by atoms with E-state index in [2.05, 4.69) is 0 Å². The number of ketones is 2. The smallest absolute Gasteiger partial charge is 0.255 e. The molecule has 0 aromatic heterocycles. The van der Waals surface area contributed by atoms with Gasteiger partial charge in [-0.15, -0.1) is 0 Å². The number of Topliss-reactive ketones (excluding diaryl/α,β-unsaturated/α-hetero) is 2. The zero-order valence-electron chi connectivity index (χ0n) is 17.6. The number of hydrogen-bond acceptors (Lipinski definition) is 8. The maximum absolute atomic E-state index is 14.6. The van der Waals surface area contributed by atoms with E-state index in [0.717, 1.165) is 6.07 Å². The number of halogens is 1. The fourth-order valence-corrected chi connectivity index (χ4v) is 5.48. The minimum absolute atomic E-state index is 0.0446. The highest BCUT2D eigenvalue weighted by atomic mass is 19.1. The SMILES string of the molecule is CN(C)[C@@H]1C(=O)C(C(N)=O)=C(O)[C@]2(O)C(=O)C3=C(O)c4c(F)cccc4C(C)(O)[C@H]3C[C@H]12. The first-order valence-corrected chi connectivity index (χ1v) is 9.94. The van der Waals surface area contributed by atoms with Crippen molar-refractivity contribution in [3.63, 3.8) is 0 Å². The van der Waals surface area contributed by atoms with Crippen LogP contribution >= 0.6 is 0 Å². The van der Waals surface area contributed by atoms with E-state index in [9.17, 15) is 39.2 Å². The zero-order chi connectivity index (χ0) is 23.9. The standard InChI is InChI=1S/C22H23FN2O7/c1-21(31)8-5-4-6-11(23)12(8)16(26)13-9(21)7-10-15(25(2)3)17(27)14(20(24)30)19(29)22(10,32)18(13)28/h4-6,9-10,15,26,29,31-32H,7H2,1-3H3,(H2,24,30)/t9-,10+,15-,21?,22+/m0/s1. The molecule has 0 spiro atoms. The predicted molar refractivity (Wildman–Crippen MR) is 108 cm³/mol. The summed E-state index contributed by atoms with van der Waals surface area (Å²) in [6.07, 6.45) is -0.241. The van der Waals surface area contributed by atoms with Crippen molar-refractivity contribution in [3.8, 4) is 0 Å². The summed E-state index contributed by atoms with van der Waals surface area (Å²) in [5.74, 6) is -8.74. The van der Waals surface area contributed by atoms with Gasteiger partial charge in [0.15, 0.2) is 11.4 Å². The van der Waals surface area contributed by atoms with Gasteiger partial charge in [0.1, 0.15) is 22.9 Å². The van der Waals surface area contributed by atoms with Crippen molar-refractivity contribution in [2.75, 3.05) is 14.1 Å². The van der Waals surface area contributed by atoms with Crippen molar-refractivity contribution in [2.24, 2.45) is 17.6 Å². The topological polar surface area (TPSA) is 161 Å². The molecule has 32 heavy (non-hydrogen) atoms. The van der Waals surface area contributed by atoms with Crippen LogP contribution in [0.5, 0.6) is 0 Å². The second-order valence-electron chi connectivity index (χ2n) is 8.92. The lowest BCUT2D eigenvalue weighted by molar-refractivity contribution is -0.159. The molecule has 170 valence electrons. The number of nitrogens with zero attached hydrogens (tertiary/aromatic N) is 1. The molecular weight excluding hydrogens is 423 g/mol. The fraction of sp³-hybridized carbons (Fsp3) is 0.409. The molecule has 1 unspecified atom stereocenters. The van der Waals surface area contributed by atoms with Crippen LogP contribution in [0.2, 0.25) is 0 Å². The average molecular weight is 446 g/mol. The summed E-state index contributed by atoms with van der Waals surface area (Å²) >= 11 is 0. The lowest BCUT2D eigenvalue weighted by Gasteiger charge is -2.53. The van der Waals surface area contributed by atoms with Crippen molar-refractivity contribution in [2.45, 2.75) is 30.6 Å². The van der Waals surface area contributed by atoms with Crippen LogP contribution in [0.1, 0.15) is 24.5 Å². The van der Waals surface area contributed by atoms with Gasteiger partial charge in [-0.3, -0.25) is 19.3 Å². The van der Waals surface area contributed by atoms with Crippen LogP contribution in [0.15, 0.2) is 35.1 Å². The van der Waals surface area contributed by atoms with Crippen LogP contribution < -0.4 is 5.73 Å². The normalized spacial score (nSPS) is 34.4. The van der Waals surface area contributed by atoms with Crippen LogP contribution in [-0.2, 0) is 20.0 Å². The molecule has 0 aliphatic heterocycles. The highest BCUT2D eigenvalue weighted by Crippen LogP contribution is 2.56. The third-order valence-corrected chi connectivity index (χ3v) is 6.99. The molecule has 3 aliphatic rings. The van der Waals surface area contributed by atoms with E-state index in [4.69, 9.17) is 5.73 Å². The third-order valence-electron chi connectivity index (χ3n) is 6.99. The van der Waals surface area contributed by atoms with Crippen molar-refractivity contribution >= 4 is 23.2 Å². The first kappa shape index (κ1) is 22.1. The predicted octanol–water partition coefficient (Wildman–Crippen LogP) is 0.0625. The molecule has 1 aromatic rings. The van der Waals surface area contributed by atoms with Gasteiger partial charge in [0, 0.05) is 17.4 Å². The Kier molecular flexibility index (Phi) is 4.64. The number of likely N-dealkylation sites (N-methyl/N-ethyl adjacent to an activating group) is 1. The first-order chi connectivity index (χ1) is 14.8. The van der Waals surface area contributed by atoms with Crippen molar-refractivity contribution in [1.82, 2.24) is 4.90 Å². The quantitative estimate of drug-likeness (QED) is 0.399. The van der Waals surface area contributed by atoms with Crippen LogP contribution in [0.4, 0.5) is 4.39 Å². The van der Waals surface area contributed by atoms with E-state index in [1.54, 1.807) is 0 Å². The molecule has 10 heteroatoms. The van der Waals surface area contributed by atoms with E-state index >= 15 is 0 Å². The molecule has 1 aromatic carbocycles. The molecular formula is C22H23FN2O7. The first-order valence-electron chi connectivity index (χ1n) is 9.94. The largest absolute Gasteiger partial charge is 0.508 e. The summed E-state index contributed by atoms with van der Waals surface area (Å²) in [5, 5.41) is 44.4. The Bertz CT molecular complexity index is 1150. The summed E-state index contributed by atoms with van der Waals surface area (Å²) in [4.78, 5) is 39.9. The lowest BCUT2D eigenvalue weighted by atomic mass is 9.54. The number of fused-ring (bicyclic) bond motifs is 3. The Labute approximate surface area is 182 Å². The lowest BCUT2D eigenvalue weighted by Crippen LogP contribution is -2.67. The van der Waals surface area contributed by atoms with Gasteiger partial charge >= 0.3 is 0 Å². The number of carbonyl (C=O) groups is 3. The Hall–Kier alpha value is -3.08. The number of primary amides is 1. The number of aliphatic hydroxyl groups excluding tert-OH is 2. The van der Waals surface area contributed by atoms with Crippen molar-refractivity contribution in [1.29, 1.82) is 0 Å². The number of aliphatic hydroxyl groups is 4. The molecule has 0 bridgehead atoms. The van der Waals surface area contributed by atoms with Gasteiger partial charge in [-0.1, -0.05) is 12.1 Å². The van der Waals surface area contributed by atoms with Crippen molar-refractivity contribution < 1.29 is 39.2 Å². The molecule has 6 N–H and O–H groups in total. The van der Waals surface area contributed by atoms with Gasteiger partial charge in [0.2, 0.25) is 5.78 Å². The van der Waals surface area contributed by atoms with E-state index in [1.165, 1.54) is 38.1 Å². The van der Waals surface area contributed by atoms with Gasteiger partial charge < -0.3 is 26.2 Å². The third kappa shape index (κ3) is 2.51. The summed E-state index contributed by atoms with van der Waals surface area (Å²) in [7, 11) is 2.97. The Morgan fingerprint density at radius 1 is 1.22 bits per heavy atom. The maximum atomic E-state index is 14.6.